The van der Waals surface area contributed by atoms with Gasteiger partial charge in [0.15, 0.2) is 0 Å². The number of nitrogens with zero attached hydrogens (tertiary/aromatic N) is 1. The molecule has 0 aliphatic carbocycles. The Hall–Kier alpha value is -4.10. The number of benzene rings is 5. The van der Waals surface area contributed by atoms with Gasteiger partial charge in [0.05, 0.1) is 0 Å². The van der Waals surface area contributed by atoms with Gasteiger partial charge in [0.25, 0.3) is 0 Å². The van der Waals surface area contributed by atoms with E-state index in [0.717, 1.165) is 5.69 Å². The quantitative estimate of drug-likeness (QED) is 0.280. The topological polar surface area (TPSA) is 3.24 Å². The van der Waals surface area contributed by atoms with Crippen LogP contribution in [0.25, 0.3) is 33.4 Å². The maximum atomic E-state index is 2.26. The predicted octanol–water partition coefficient (Wildman–Crippen LogP) is 8.46. The van der Waals surface area contributed by atoms with E-state index in [-0.39, 0.29) is 0 Å². The Balaban J connectivity index is 1.44. The molecule has 0 amide bonds. The van der Waals surface area contributed by atoms with Crippen LogP contribution in [0.4, 0.5) is 11.4 Å². The van der Waals surface area contributed by atoms with Gasteiger partial charge in [-0.1, -0.05) is 109 Å². The van der Waals surface area contributed by atoms with E-state index in [4.69, 9.17) is 0 Å². The molecule has 1 nitrogen and oxygen atoms in total. The zero-order valence-electron chi connectivity index (χ0n) is 18.1. The van der Waals surface area contributed by atoms with Gasteiger partial charge in [0.1, 0.15) is 0 Å². The fourth-order valence-corrected chi connectivity index (χ4v) is 4.15. The standard InChI is InChI=1S/C31H25N/c1-32(31-18-9-8-17-30(31)26-13-6-3-7-14-26)29-21-19-25(20-22-29)28-16-10-15-27(23-28)24-11-4-2-5-12-24/h2-23H,1H3. The van der Waals surface area contributed by atoms with E-state index in [1.54, 1.807) is 0 Å². The highest BCUT2D eigenvalue weighted by Gasteiger charge is 2.11. The fraction of sp³-hybridized carbons (Fsp3) is 0.0323. The van der Waals surface area contributed by atoms with Gasteiger partial charge in [-0.3, -0.25) is 0 Å². The zero-order valence-corrected chi connectivity index (χ0v) is 18.1. The van der Waals surface area contributed by atoms with E-state index >= 15 is 0 Å². The van der Waals surface area contributed by atoms with Crippen molar-refractivity contribution in [3.05, 3.63) is 133 Å². The second-order valence-electron chi connectivity index (χ2n) is 7.94. The average molecular weight is 412 g/mol. The summed E-state index contributed by atoms with van der Waals surface area (Å²) in [5.41, 5.74) is 9.74. The molecule has 154 valence electrons. The van der Waals surface area contributed by atoms with Crippen molar-refractivity contribution in [1.82, 2.24) is 0 Å². The van der Waals surface area contributed by atoms with Crippen molar-refractivity contribution < 1.29 is 0 Å². The van der Waals surface area contributed by atoms with Crippen LogP contribution < -0.4 is 4.90 Å². The molecule has 0 unspecified atom stereocenters. The van der Waals surface area contributed by atoms with Gasteiger partial charge in [-0.25, -0.2) is 0 Å². The number of hydrogen-bond donors (Lipinski definition) is 0. The summed E-state index contributed by atoms with van der Waals surface area (Å²) in [6.45, 7) is 0. The molecule has 0 saturated carbocycles. The van der Waals surface area contributed by atoms with Gasteiger partial charge in [0, 0.05) is 24.0 Å². The van der Waals surface area contributed by atoms with Gasteiger partial charge in [0.2, 0.25) is 0 Å². The largest absolute Gasteiger partial charge is 0.344 e. The first-order chi connectivity index (χ1) is 15.8. The lowest BCUT2D eigenvalue weighted by molar-refractivity contribution is 1.21. The summed E-state index contributed by atoms with van der Waals surface area (Å²) in [5, 5.41) is 0. The van der Waals surface area contributed by atoms with Crippen molar-refractivity contribution in [3.63, 3.8) is 0 Å². The first-order valence-electron chi connectivity index (χ1n) is 10.9. The molecular weight excluding hydrogens is 386 g/mol. The van der Waals surface area contributed by atoms with Crippen LogP contribution >= 0.6 is 0 Å². The summed E-state index contributed by atoms with van der Waals surface area (Å²) in [5.74, 6) is 0. The summed E-state index contributed by atoms with van der Waals surface area (Å²) in [6.07, 6.45) is 0. The van der Waals surface area contributed by atoms with Crippen molar-refractivity contribution in [2.24, 2.45) is 0 Å². The summed E-state index contributed by atoms with van der Waals surface area (Å²) >= 11 is 0. The monoisotopic (exact) mass is 411 g/mol. The van der Waals surface area contributed by atoms with Crippen LogP contribution in [0.1, 0.15) is 0 Å². The molecule has 1 heteroatoms. The Kier molecular flexibility index (Phi) is 5.55. The van der Waals surface area contributed by atoms with E-state index in [2.05, 4.69) is 145 Å². The zero-order chi connectivity index (χ0) is 21.8. The Morgan fingerprint density at radius 1 is 0.406 bits per heavy atom. The summed E-state index contributed by atoms with van der Waals surface area (Å²) in [4.78, 5) is 2.26. The molecule has 0 aliphatic heterocycles. The molecule has 0 atom stereocenters. The molecule has 0 aliphatic rings. The molecule has 0 radical (unpaired) electrons. The van der Waals surface area contributed by atoms with Gasteiger partial charge >= 0.3 is 0 Å². The Labute approximate surface area is 190 Å². The van der Waals surface area contributed by atoms with E-state index in [1.807, 2.05) is 0 Å². The molecule has 32 heavy (non-hydrogen) atoms. The minimum Gasteiger partial charge on any atom is -0.344 e. The lowest BCUT2D eigenvalue weighted by Crippen LogP contribution is -2.10. The molecule has 0 bridgehead atoms. The maximum absolute atomic E-state index is 2.26. The molecule has 0 heterocycles. The highest BCUT2D eigenvalue weighted by molar-refractivity contribution is 5.83. The normalized spacial score (nSPS) is 10.7. The first kappa shape index (κ1) is 19.8. The van der Waals surface area contributed by atoms with Crippen LogP contribution in [0.5, 0.6) is 0 Å². The van der Waals surface area contributed by atoms with E-state index in [1.165, 1.54) is 39.1 Å². The SMILES string of the molecule is CN(c1ccc(-c2cccc(-c3ccccc3)c2)cc1)c1ccccc1-c1ccccc1. The summed E-state index contributed by atoms with van der Waals surface area (Å²) in [6, 6.07) is 47.2. The second kappa shape index (κ2) is 8.95. The van der Waals surface area contributed by atoms with Crippen molar-refractivity contribution >= 4 is 11.4 Å². The highest BCUT2D eigenvalue weighted by atomic mass is 15.1. The first-order valence-corrected chi connectivity index (χ1v) is 10.9. The number of para-hydroxylation sites is 1. The van der Waals surface area contributed by atoms with Crippen LogP contribution in [0.3, 0.4) is 0 Å². The molecule has 0 aromatic heterocycles. The lowest BCUT2D eigenvalue weighted by atomic mass is 9.99. The fourth-order valence-electron chi connectivity index (χ4n) is 4.15. The van der Waals surface area contributed by atoms with E-state index in [0.29, 0.717) is 0 Å². The molecule has 0 N–H and O–H groups in total. The van der Waals surface area contributed by atoms with Gasteiger partial charge in [-0.2, -0.15) is 0 Å². The van der Waals surface area contributed by atoms with Gasteiger partial charge < -0.3 is 4.90 Å². The van der Waals surface area contributed by atoms with Crippen molar-refractivity contribution in [3.8, 4) is 33.4 Å². The Morgan fingerprint density at radius 2 is 0.906 bits per heavy atom. The Bertz CT molecular complexity index is 1310. The molecule has 5 rings (SSSR count). The smallest absolute Gasteiger partial charge is 0.0487 e. The maximum Gasteiger partial charge on any atom is 0.0487 e. The Morgan fingerprint density at radius 3 is 1.56 bits per heavy atom. The van der Waals surface area contributed by atoms with Crippen LogP contribution in [0.15, 0.2) is 133 Å². The van der Waals surface area contributed by atoms with Crippen molar-refractivity contribution in [2.45, 2.75) is 0 Å². The van der Waals surface area contributed by atoms with E-state index in [9.17, 15) is 0 Å². The molecule has 0 fully saturated rings. The summed E-state index contributed by atoms with van der Waals surface area (Å²) in [7, 11) is 2.13. The average Bonchev–Trinajstić information content (AvgIpc) is 2.89. The third-order valence-corrected chi connectivity index (χ3v) is 5.91. The molecular formula is C31H25N. The molecule has 5 aromatic carbocycles. The summed E-state index contributed by atoms with van der Waals surface area (Å²) < 4.78 is 0. The second-order valence-corrected chi connectivity index (χ2v) is 7.94. The highest BCUT2D eigenvalue weighted by Crippen LogP contribution is 2.35. The van der Waals surface area contributed by atoms with Crippen LogP contribution in [-0.4, -0.2) is 7.05 Å². The minimum absolute atomic E-state index is 1.16. The van der Waals surface area contributed by atoms with Crippen molar-refractivity contribution in [1.29, 1.82) is 0 Å². The lowest BCUT2D eigenvalue weighted by Gasteiger charge is -2.23. The van der Waals surface area contributed by atoms with Gasteiger partial charge in [-0.05, 0) is 52.1 Å². The van der Waals surface area contributed by atoms with Gasteiger partial charge in [-0.15, -0.1) is 0 Å². The van der Waals surface area contributed by atoms with Crippen LogP contribution in [-0.2, 0) is 0 Å². The third kappa shape index (κ3) is 4.06. The van der Waals surface area contributed by atoms with Crippen LogP contribution in [0, 0.1) is 0 Å². The number of rotatable bonds is 5. The predicted molar refractivity (Wildman–Crippen MR) is 137 cm³/mol. The number of anilines is 2. The number of hydrogen-bond acceptors (Lipinski definition) is 1. The molecule has 0 spiro atoms. The molecule has 0 saturated heterocycles. The van der Waals surface area contributed by atoms with Crippen molar-refractivity contribution in [2.75, 3.05) is 11.9 Å². The third-order valence-electron chi connectivity index (χ3n) is 5.91. The molecule has 5 aromatic rings. The van der Waals surface area contributed by atoms with Crippen LogP contribution in [0.2, 0.25) is 0 Å². The minimum atomic E-state index is 1.16. The van der Waals surface area contributed by atoms with E-state index < -0.39 is 0 Å².